The summed E-state index contributed by atoms with van der Waals surface area (Å²) in [7, 11) is 0. The molecule has 0 aliphatic rings. The molecule has 0 saturated heterocycles. The fourth-order valence-corrected chi connectivity index (χ4v) is 1.21. The number of phenolic OH excluding ortho intramolecular Hbond substituents is 1. The molecule has 4 N–H and O–H groups in total. The van der Waals surface area contributed by atoms with Gasteiger partial charge in [0.05, 0.1) is 6.20 Å². The summed E-state index contributed by atoms with van der Waals surface area (Å²) in [5, 5.41) is 15.9. The summed E-state index contributed by atoms with van der Waals surface area (Å²) in [6.07, 6.45) is 1.59. The number of anilines is 1. The predicted octanol–water partition coefficient (Wildman–Crippen LogP) is 1.36. The van der Waals surface area contributed by atoms with E-state index in [4.69, 9.17) is 5.73 Å². The van der Waals surface area contributed by atoms with Crippen LogP contribution in [0.5, 0.6) is 5.75 Å². The van der Waals surface area contributed by atoms with E-state index in [1.165, 1.54) is 0 Å². The summed E-state index contributed by atoms with van der Waals surface area (Å²) in [5.74, 6) is 0.664. The van der Waals surface area contributed by atoms with Crippen molar-refractivity contribution in [2.24, 2.45) is 0 Å². The molecule has 0 spiro atoms. The Bertz CT molecular complexity index is 422. The molecule has 0 radical (unpaired) electrons. The molecular formula is C9H9N3O. The Morgan fingerprint density at radius 1 is 1.23 bits per heavy atom. The number of para-hydroxylation sites is 1. The zero-order chi connectivity index (χ0) is 9.26. The SMILES string of the molecule is Nc1[nH]ncc1-c1ccccc1O. The molecule has 0 unspecified atom stereocenters. The van der Waals surface area contributed by atoms with Gasteiger partial charge in [0, 0.05) is 11.1 Å². The molecule has 0 atom stereocenters. The Labute approximate surface area is 75.0 Å². The molecule has 2 aromatic rings. The quantitative estimate of drug-likeness (QED) is 0.612. The van der Waals surface area contributed by atoms with E-state index >= 15 is 0 Å². The average Bonchev–Trinajstić information content (AvgIpc) is 2.52. The first kappa shape index (κ1) is 7.67. The number of H-pyrrole nitrogens is 1. The van der Waals surface area contributed by atoms with Gasteiger partial charge in [-0.2, -0.15) is 5.10 Å². The molecule has 66 valence electrons. The minimum Gasteiger partial charge on any atom is -0.507 e. The van der Waals surface area contributed by atoms with E-state index in [0.717, 1.165) is 5.56 Å². The normalized spacial score (nSPS) is 10.2. The Balaban J connectivity index is 2.59. The van der Waals surface area contributed by atoms with Gasteiger partial charge in [-0.15, -0.1) is 0 Å². The highest BCUT2D eigenvalue weighted by Crippen LogP contribution is 2.30. The van der Waals surface area contributed by atoms with Crippen LogP contribution in [-0.2, 0) is 0 Å². The van der Waals surface area contributed by atoms with Crippen molar-refractivity contribution in [3.63, 3.8) is 0 Å². The highest BCUT2D eigenvalue weighted by molar-refractivity contribution is 5.77. The van der Waals surface area contributed by atoms with E-state index in [9.17, 15) is 5.11 Å². The fourth-order valence-electron chi connectivity index (χ4n) is 1.21. The molecule has 4 heteroatoms. The molecule has 1 aromatic carbocycles. The van der Waals surface area contributed by atoms with Crippen LogP contribution in [0.15, 0.2) is 30.5 Å². The second-order valence-electron chi connectivity index (χ2n) is 2.71. The average molecular weight is 175 g/mol. The number of nitrogens with one attached hydrogen (secondary N) is 1. The number of nitrogens with zero attached hydrogens (tertiary/aromatic N) is 1. The highest BCUT2D eigenvalue weighted by Gasteiger charge is 2.07. The van der Waals surface area contributed by atoms with Crippen LogP contribution in [0.2, 0.25) is 0 Å². The van der Waals surface area contributed by atoms with Gasteiger partial charge in [-0.1, -0.05) is 18.2 Å². The van der Waals surface area contributed by atoms with Crippen molar-refractivity contribution < 1.29 is 5.11 Å². The largest absolute Gasteiger partial charge is 0.507 e. The van der Waals surface area contributed by atoms with Crippen molar-refractivity contribution in [2.75, 3.05) is 5.73 Å². The maximum Gasteiger partial charge on any atom is 0.126 e. The molecule has 1 heterocycles. The van der Waals surface area contributed by atoms with Gasteiger partial charge in [-0.05, 0) is 6.07 Å². The zero-order valence-electron chi connectivity index (χ0n) is 6.86. The molecule has 0 saturated carbocycles. The molecule has 13 heavy (non-hydrogen) atoms. The third kappa shape index (κ3) is 1.22. The number of aromatic hydroxyl groups is 1. The van der Waals surface area contributed by atoms with Crippen LogP contribution >= 0.6 is 0 Å². The highest BCUT2D eigenvalue weighted by atomic mass is 16.3. The van der Waals surface area contributed by atoms with Crippen LogP contribution in [0.4, 0.5) is 5.82 Å². The van der Waals surface area contributed by atoms with E-state index in [-0.39, 0.29) is 5.75 Å². The minimum atomic E-state index is 0.204. The van der Waals surface area contributed by atoms with Crippen LogP contribution in [0.1, 0.15) is 0 Å². The number of nitrogen functional groups attached to an aromatic ring is 1. The first-order valence-corrected chi connectivity index (χ1v) is 3.86. The number of hydrogen-bond donors (Lipinski definition) is 3. The lowest BCUT2D eigenvalue weighted by atomic mass is 10.1. The van der Waals surface area contributed by atoms with Gasteiger partial charge in [0.1, 0.15) is 11.6 Å². The van der Waals surface area contributed by atoms with Gasteiger partial charge >= 0.3 is 0 Å². The third-order valence-corrected chi connectivity index (χ3v) is 1.86. The van der Waals surface area contributed by atoms with Gasteiger partial charge in [0.2, 0.25) is 0 Å². The van der Waals surface area contributed by atoms with E-state index in [1.807, 2.05) is 6.07 Å². The Morgan fingerprint density at radius 2 is 2.00 bits per heavy atom. The van der Waals surface area contributed by atoms with E-state index in [2.05, 4.69) is 10.2 Å². The van der Waals surface area contributed by atoms with Crippen molar-refractivity contribution in [1.82, 2.24) is 10.2 Å². The minimum absolute atomic E-state index is 0.204. The van der Waals surface area contributed by atoms with Crippen LogP contribution in [0, 0.1) is 0 Å². The monoisotopic (exact) mass is 175 g/mol. The smallest absolute Gasteiger partial charge is 0.126 e. The summed E-state index contributed by atoms with van der Waals surface area (Å²) in [5.41, 5.74) is 7.02. The molecule has 0 fully saturated rings. The molecule has 0 aliphatic heterocycles. The maximum atomic E-state index is 9.51. The van der Waals surface area contributed by atoms with Crippen molar-refractivity contribution in [2.45, 2.75) is 0 Å². The summed E-state index contributed by atoms with van der Waals surface area (Å²) in [6.45, 7) is 0. The lowest BCUT2D eigenvalue weighted by Gasteiger charge is -2.01. The van der Waals surface area contributed by atoms with Gasteiger partial charge in [-0.3, -0.25) is 5.10 Å². The van der Waals surface area contributed by atoms with Crippen molar-refractivity contribution in [1.29, 1.82) is 0 Å². The van der Waals surface area contributed by atoms with E-state index in [1.54, 1.807) is 24.4 Å². The molecule has 0 aliphatic carbocycles. The number of aromatic amines is 1. The number of benzene rings is 1. The zero-order valence-corrected chi connectivity index (χ0v) is 6.86. The number of hydrogen-bond acceptors (Lipinski definition) is 3. The topological polar surface area (TPSA) is 74.9 Å². The van der Waals surface area contributed by atoms with Gasteiger partial charge in [0.15, 0.2) is 0 Å². The second kappa shape index (κ2) is 2.82. The van der Waals surface area contributed by atoms with Gasteiger partial charge in [-0.25, -0.2) is 0 Å². The van der Waals surface area contributed by atoms with E-state index < -0.39 is 0 Å². The molecule has 0 amide bonds. The predicted molar refractivity (Wildman–Crippen MR) is 50.1 cm³/mol. The third-order valence-electron chi connectivity index (χ3n) is 1.86. The standard InChI is InChI=1S/C9H9N3O/c10-9-7(5-11-12-9)6-3-1-2-4-8(6)13/h1-5,13H,(H3,10,11,12). The van der Waals surface area contributed by atoms with Crippen molar-refractivity contribution in [3.8, 4) is 16.9 Å². The van der Waals surface area contributed by atoms with Crippen LogP contribution in [-0.4, -0.2) is 15.3 Å². The lowest BCUT2D eigenvalue weighted by Crippen LogP contribution is -1.87. The van der Waals surface area contributed by atoms with Gasteiger partial charge < -0.3 is 10.8 Å². The molecular weight excluding hydrogens is 166 g/mol. The summed E-state index contributed by atoms with van der Waals surface area (Å²) in [4.78, 5) is 0. The Hall–Kier alpha value is -1.97. The number of nitrogens with two attached hydrogens (primary N) is 1. The Morgan fingerprint density at radius 3 is 2.62 bits per heavy atom. The van der Waals surface area contributed by atoms with Crippen molar-refractivity contribution >= 4 is 5.82 Å². The summed E-state index contributed by atoms with van der Waals surface area (Å²) < 4.78 is 0. The molecule has 4 nitrogen and oxygen atoms in total. The Kier molecular flexibility index (Phi) is 1.66. The maximum absolute atomic E-state index is 9.51. The number of rotatable bonds is 1. The van der Waals surface area contributed by atoms with Crippen molar-refractivity contribution in [3.05, 3.63) is 30.5 Å². The first-order chi connectivity index (χ1) is 6.29. The first-order valence-electron chi connectivity index (χ1n) is 3.86. The second-order valence-corrected chi connectivity index (χ2v) is 2.71. The van der Waals surface area contributed by atoms with Crippen LogP contribution in [0.3, 0.4) is 0 Å². The number of aromatic nitrogens is 2. The molecule has 2 rings (SSSR count). The lowest BCUT2D eigenvalue weighted by molar-refractivity contribution is 0.477. The van der Waals surface area contributed by atoms with Crippen LogP contribution in [0.25, 0.3) is 11.1 Å². The molecule has 0 bridgehead atoms. The number of phenols is 1. The van der Waals surface area contributed by atoms with Gasteiger partial charge in [0.25, 0.3) is 0 Å². The fraction of sp³-hybridized carbons (Fsp3) is 0. The molecule has 1 aromatic heterocycles. The summed E-state index contributed by atoms with van der Waals surface area (Å²) in [6, 6.07) is 6.99. The van der Waals surface area contributed by atoms with Crippen LogP contribution < -0.4 is 5.73 Å². The van der Waals surface area contributed by atoms with E-state index in [0.29, 0.717) is 11.4 Å². The summed E-state index contributed by atoms with van der Waals surface area (Å²) >= 11 is 0.